The van der Waals surface area contributed by atoms with Gasteiger partial charge in [-0.15, -0.1) is 0 Å². The standard InChI is InChI=1S/C7H8F3N3/c8-7(9,10)6-5-4(1-2-11-6)12-3-13-5/h3,6,11H,1-2H2,(H,12,13)/t6-/m1/s1. The quantitative estimate of drug-likeness (QED) is 0.646. The first-order valence-electron chi connectivity index (χ1n) is 3.91. The molecule has 1 aromatic heterocycles. The maximum absolute atomic E-state index is 12.4. The summed E-state index contributed by atoms with van der Waals surface area (Å²) in [6.07, 6.45) is -2.39. The molecule has 72 valence electrons. The van der Waals surface area contributed by atoms with Crippen LogP contribution in [0.5, 0.6) is 0 Å². The number of aromatic nitrogens is 2. The molecule has 1 aromatic rings. The molecule has 0 aromatic carbocycles. The van der Waals surface area contributed by atoms with Gasteiger partial charge >= 0.3 is 6.18 Å². The first-order chi connectivity index (χ1) is 6.09. The molecular formula is C7H8F3N3. The van der Waals surface area contributed by atoms with Crippen LogP contribution in [0.1, 0.15) is 17.4 Å². The fraction of sp³-hybridized carbons (Fsp3) is 0.571. The molecule has 2 rings (SSSR count). The lowest BCUT2D eigenvalue weighted by atomic mass is 10.1. The van der Waals surface area contributed by atoms with Gasteiger partial charge in [-0.1, -0.05) is 0 Å². The van der Waals surface area contributed by atoms with Gasteiger partial charge in [0.15, 0.2) is 0 Å². The SMILES string of the molecule is FC(F)(F)[C@@H]1NCCc2[nH]cnc21. The predicted molar refractivity (Wildman–Crippen MR) is 39.1 cm³/mol. The number of hydrogen-bond donors (Lipinski definition) is 2. The minimum Gasteiger partial charge on any atom is -0.348 e. The number of rotatable bonds is 0. The Labute approximate surface area is 72.4 Å². The van der Waals surface area contributed by atoms with Crippen LogP contribution in [-0.2, 0) is 6.42 Å². The second kappa shape index (κ2) is 2.73. The summed E-state index contributed by atoms with van der Waals surface area (Å²) in [7, 11) is 0. The molecule has 0 spiro atoms. The number of alkyl halides is 3. The van der Waals surface area contributed by atoms with Gasteiger partial charge in [0.1, 0.15) is 6.04 Å². The van der Waals surface area contributed by atoms with Gasteiger partial charge in [0.25, 0.3) is 0 Å². The van der Waals surface area contributed by atoms with Gasteiger partial charge in [-0.3, -0.25) is 0 Å². The van der Waals surface area contributed by atoms with Crippen molar-refractivity contribution >= 4 is 0 Å². The zero-order chi connectivity index (χ0) is 9.47. The van der Waals surface area contributed by atoms with Crippen LogP contribution in [0, 0.1) is 0 Å². The van der Waals surface area contributed by atoms with Gasteiger partial charge in [0.05, 0.1) is 12.0 Å². The number of nitrogens with one attached hydrogen (secondary N) is 2. The van der Waals surface area contributed by atoms with Crippen molar-refractivity contribution in [3.8, 4) is 0 Å². The zero-order valence-corrected chi connectivity index (χ0v) is 6.65. The molecule has 1 aliphatic rings. The smallest absolute Gasteiger partial charge is 0.348 e. The fourth-order valence-electron chi connectivity index (χ4n) is 1.49. The minimum atomic E-state index is -4.26. The average molecular weight is 191 g/mol. The van der Waals surface area contributed by atoms with E-state index in [1.807, 2.05) is 0 Å². The summed E-state index contributed by atoms with van der Waals surface area (Å²) in [5, 5.41) is 2.39. The van der Waals surface area contributed by atoms with Crippen molar-refractivity contribution in [2.75, 3.05) is 6.54 Å². The number of aromatic amines is 1. The third-order valence-corrected chi connectivity index (χ3v) is 2.08. The second-order valence-electron chi connectivity index (χ2n) is 2.95. The highest BCUT2D eigenvalue weighted by Crippen LogP contribution is 2.34. The molecule has 2 N–H and O–H groups in total. The molecule has 13 heavy (non-hydrogen) atoms. The van der Waals surface area contributed by atoms with Crippen LogP contribution < -0.4 is 5.32 Å². The summed E-state index contributed by atoms with van der Waals surface area (Å²) in [6.45, 7) is 0.333. The van der Waals surface area contributed by atoms with E-state index in [0.29, 0.717) is 18.7 Å². The highest BCUT2D eigenvalue weighted by atomic mass is 19.4. The Morgan fingerprint density at radius 1 is 1.46 bits per heavy atom. The lowest BCUT2D eigenvalue weighted by Gasteiger charge is -2.24. The molecule has 1 atom stereocenters. The Morgan fingerprint density at radius 3 is 2.92 bits per heavy atom. The molecule has 0 radical (unpaired) electrons. The third-order valence-electron chi connectivity index (χ3n) is 2.08. The van der Waals surface area contributed by atoms with Crippen molar-refractivity contribution in [3.63, 3.8) is 0 Å². The van der Waals surface area contributed by atoms with Gasteiger partial charge in [-0.2, -0.15) is 13.2 Å². The number of imidazole rings is 1. The van der Waals surface area contributed by atoms with Crippen LogP contribution in [0.15, 0.2) is 6.33 Å². The number of nitrogens with zero attached hydrogens (tertiary/aromatic N) is 1. The first kappa shape index (κ1) is 8.55. The van der Waals surface area contributed by atoms with Crippen molar-refractivity contribution in [3.05, 3.63) is 17.7 Å². The molecule has 6 heteroatoms. The molecule has 0 aliphatic carbocycles. The lowest BCUT2D eigenvalue weighted by molar-refractivity contribution is -0.159. The Hall–Kier alpha value is -1.04. The van der Waals surface area contributed by atoms with E-state index in [4.69, 9.17) is 0 Å². The van der Waals surface area contributed by atoms with E-state index < -0.39 is 12.2 Å². The molecular weight excluding hydrogens is 183 g/mol. The summed E-state index contributed by atoms with van der Waals surface area (Å²) in [6, 6.07) is -1.61. The highest BCUT2D eigenvalue weighted by molar-refractivity contribution is 5.20. The van der Waals surface area contributed by atoms with Crippen molar-refractivity contribution < 1.29 is 13.2 Å². The number of halogens is 3. The van der Waals surface area contributed by atoms with Gasteiger partial charge in [-0.05, 0) is 0 Å². The Bertz CT molecular complexity index is 304. The molecule has 2 heterocycles. The van der Waals surface area contributed by atoms with Gasteiger partial charge in [0, 0.05) is 18.7 Å². The first-order valence-corrected chi connectivity index (χ1v) is 3.91. The molecule has 0 saturated heterocycles. The van der Waals surface area contributed by atoms with Gasteiger partial charge < -0.3 is 10.3 Å². The van der Waals surface area contributed by atoms with Crippen LogP contribution >= 0.6 is 0 Å². The third kappa shape index (κ3) is 1.41. The van der Waals surface area contributed by atoms with Crippen molar-refractivity contribution in [1.29, 1.82) is 0 Å². The van der Waals surface area contributed by atoms with Crippen LogP contribution in [0.2, 0.25) is 0 Å². The average Bonchev–Trinajstić information content (AvgIpc) is 2.48. The van der Waals surface area contributed by atoms with Crippen molar-refractivity contribution in [1.82, 2.24) is 15.3 Å². The van der Waals surface area contributed by atoms with E-state index in [2.05, 4.69) is 15.3 Å². The molecule has 0 fully saturated rings. The largest absolute Gasteiger partial charge is 0.409 e. The summed E-state index contributed by atoms with van der Waals surface area (Å²) < 4.78 is 37.1. The Kier molecular flexibility index (Phi) is 1.80. The van der Waals surface area contributed by atoms with E-state index in [0.717, 1.165) is 0 Å². The molecule has 0 amide bonds. The summed E-state index contributed by atoms with van der Waals surface area (Å²) in [5.74, 6) is 0. The summed E-state index contributed by atoms with van der Waals surface area (Å²) in [5.41, 5.74) is 0.667. The molecule has 0 saturated carbocycles. The predicted octanol–water partition coefficient (Wildman–Crippen LogP) is 1.16. The molecule has 0 bridgehead atoms. The highest BCUT2D eigenvalue weighted by Gasteiger charge is 2.44. The Morgan fingerprint density at radius 2 is 2.23 bits per heavy atom. The minimum absolute atomic E-state index is 0.0822. The summed E-state index contributed by atoms with van der Waals surface area (Å²) >= 11 is 0. The normalized spacial score (nSPS) is 22.8. The van der Waals surface area contributed by atoms with E-state index >= 15 is 0 Å². The fourth-order valence-corrected chi connectivity index (χ4v) is 1.49. The van der Waals surface area contributed by atoms with Gasteiger partial charge in [0.2, 0.25) is 0 Å². The second-order valence-corrected chi connectivity index (χ2v) is 2.95. The lowest BCUT2D eigenvalue weighted by Crippen LogP contribution is -2.39. The van der Waals surface area contributed by atoms with Crippen LogP contribution in [-0.4, -0.2) is 22.7 Å². The summed E-state index contributed by atoms with van der Waals surface area (Å²) in [4.78, 5) is 6.38. The van der Waals surface area contributed by atoms with E-state index in [9.17, 15) is 13.2 Å². The van der Waals surface area contributed by atoms with Crippen molar-refractivity contribution in [2.24, 2.45) is 0 Å². The topological polar surface area (TPSA) is 40.7 Å². The maximum Gasteiger partial charge on any atom is 0.409 e. The van der Waals surface area contributed by atoms with E-state index in [1.165, 1.54) is 6.33 Å². The van der Waals surface area contributed by atoms with Crippen LogP contribution in [0.4, 0.5) is 13.2 Å². The molecule has 0 unspecified atom stereocenters. The number of hydrogen-bond acceptors (Lipinski definition) is 2. The Balaban J connectivity index is 2.35. The number of H-pyrrole nitrogens is 1. The zero-order valence-electron chi connectivity index (χ0n) is 6.65. The van der Waals surface area contributed by atoms with Crippen LogP contribution in [0.3, 0.4) is 0 Å². The molecule has 1 aliphatic heterocycles. The van der Waals surface area contributed by atoms with Gasteiger partial charge in [-0.25, -0.2) is 4.98 Å². The van der Waals surface area contributed by atoms with Crippen LogP contribution in [0.25, 0.3) is 0 Å². The van der Waals surface area contributed by atoms with E-state index in [-0.39, 0.29) is 5.69 Å². The maximum atomic E-state index is 12.4. The van der Waals surface area contributed by atoms with E-state index in [1.54, 1.807) is 0 Å². The number of fused-ring (bicyclic) bond motifs is 1. The van der Waals surface area contributed by atoms with Crippen molar-refractivity contribution in [2.45, 2.75) is 18.6 Å². The molecule has 3 nitrogen and oxygen atoms in total. The monoisotopic (exact) mass is 191 g/mol.